The number of rotatable bonds is 13. The molecule has 0 fully saturated rings. The van der Waals surface area contributed by atoms with Crippen LogP contribution in [0.2, 0.25) is 0 Å². The van der Waals surface area contributed by atoms with E-state index in [0.29, 0.717) is 24.3 Å². The Morgan fingerprint density at radius 1 is 0.968 bits per heavy atom. The zero-order valence-electron chi connectivity index (χ0n) is 18.3. The number of thiol groups is 1. The van der Waals surface area contributed by atoms with Gasteiger partial charge in [-0.3, -0.25) is 9.59 Å². The van der Waals surface area contributed by atoms with Crippen LogP contribution in [0.4, 0.5) is 5.69 Å². The molecule has 166 valence electrons. The smallest absolute Gasteiger partial charge is 0.208 e. The van der Waals surface area contributed by atoms with Crippen molar-refractivity contribution < 1.29 is 9.59 Å². The van der Waals surface area contributed by atoms with Crippen LogP contribution in [-0.4, -0.2) is 36.0 Å². The molecule has 0 aromatic heterocycles. The summed E-state index contributed by atoms with van der Waals surface area (Å²) < 4.78 is 0. The molecule has 1 atom stereocenters. The van der Waals surface area contributed by atoms with Crippen molar-refractivity contribution >= 4 is 46.4 Å². The normalized spacial score (nSPS) is 11.6. The zero-order valence-corrected chi connectivity index (χ0v) is 20.1. The van der Waals surface area contributed by atoms with Crippen molar-refractivity contribution in [1.29, 1.82) is 0 Å². The van der Waals surface area contributed by atoms with Crippen molar-refractivity contribution in [3.05, 3.63) is 65.7 Å². The van der Waals surface area contributed by atoms with Gasteiger partial charge in [0.25, 0.3) is 0 Å². The highest BCUT2D eigenvalue weighted by Crippen LogP contribution is 2.15. The van der Waals surface area contributed by atoms with E-state index in [2.05, 4.69) is 47.1 Å². The zero-order chi connectivity index (χ0) is 22.6. The van der Waals surface area contributed by atoms with Gasteiger partial charge < -0.3 is 10.2 Å². The molecule has 0 bridgehead atoms. The van der Waals surface area contributed by atoms with Gasteiger partial charge >= 0.3 is 0 Å². The Hall–Kier alpha value is -2.18. The van der Waals surface area contributed by atoms with Gasteiger partial charge in [0.1, 0.15) is 0 Å². The first-order valence-corrected chi connectivity index (χ1v) is 11.6. The minimum Gasteiger partial charge on any atom is -0.378 e. The number of thiocarbonyl (C=S) groups is 1. The van der Waals surface area contributed by atoms with Crippen molar-refractivity contribution in [3.8, 4) is 0 Å². The Balaban J connectivity index is 1.68. The quantitative estimate of drug-likeness (QED) is 0.186. The second-order valence-electron chi connectivity index (χ2n) is 7.91. The maximum absolute atomic E-state index is 12.1. The second kappa shape index (κ2) is 13.3. The molecule has 0 amide bonds. The van der Waals surface area contributed by atoms with E-state index in [1.807, 2.05) is 44.4 Å². The summed E-state index contributed by atoms with van der Waals surface area (Å²) in [6, 6.07) is 17.3. The molecule has 0 saturated heterocycles. The van der Waals surface area contributed by atoms with Crippen molar-refractivity contribution in [3.63, 3.8) is 0 Å². The molecule has 6 heteroatoms. The number of benzene rings is 2. The Labute approximate surface area is 196 Å². The summed E-state index contributed by atoms with van der Waals surface area (Å²) in [5.41, 5.74) is 3.10. The Morgan fingerprint density at radius 3 is 2.23 bits per heavy atom. The number of nitrogens with zero attached hydrogens (tertiary/aromatic N) is 1. The summed E-state index contributed by atoms with van der Waals surface area (Å²) in [5.74, 6) is 0.181. The number of hydrogen-bond donors (Lipinski definition) is 2. The van der Waals surface area contributed by atoms with Crippen molar-refractivity contribution in [2.24, 2.45) is 0 Å². The van der Waals surface area contributed by atoms with Gasteiger partial charge in [-0.1, -0.05) is 61.1 Å². The highest BCUT2D eigenvalue weighted by molar-refractivity contribution is 7.96. The van der Waals surface area contributed by atoms with E-state index in [1.54, 1.807) is 0 Å². The van der Waals surface area contributed by atoms with E-state index in [1.165, 1.54) is 5.56 Å². The molecule has 0 radical (unpaired) electrons. The van der Waals surface area contributed by atoms with E-state index in [9.17, 15) is 9.59 Å². The average Bonchev–Trinajstić information content (AvgIpc) is 2.76. The first-order chi connectivity index (χ1) is 14.9. The fourth-order valence-electron chi connectivity index (χ4n) is 3.31. The molecule has 2 aromatic rings. The predicted molar refractivity (Wildman–Crippen MR) is 136 cm³/mol. The largest absolute Gasteiger partial charge is 0.378 e. The van der Waals surface area contributed by atoms with E-state index in [0.717, 1.165) is 36.9 Å². The third-order valence-electron chi connectivity index (χ3n) is 5.21. The summed E-state index contributed by atoms with van der Waals surface area (Å²) in [6.45, 7) is 0. The fourth-order valence-corrected chi connectivity index (χ4v) is 3.79. The molecule has 0 spiro atoms. The molecule has 0 heterocycles. The highest BCUT2D eigenvalue weighted by Gasteiger charge is 2.16. The molecule has 0 aliphatic heterocycles. The van der Waals surface area contributed by atoms with Gasteiger partial charge in [-0.05, 0) is 49.8 Å². The molecule has 2 aromatic carbocycles. The van der Waals surface area contributed by atoms with Gasteiger partial charge in [0.2, 0.25) is 5.12 Å². The summed E-state index contributed by atoms with van der Waals surface area (Å²) in [6.07, 6.45) is 5.36. The van der Waals surface area contributed by atoms with Crippen LogP contribution >= 0.6 is 24.8 Å². The first-order valence-electron chi connectivity index (χ1n) is 10.7. The number of carbonyl (C=O) groups is 2. The Bertz CT molecular complexity index is 852. The Morgan fingerprint density at radius 2 is 1.61 bits per heavy atom. The number of unbranched alkanes of at least 4 members (excludes halogenated alkanes) is 2. The van der Waals surface area contributed by atoms with Gasteiger partial charge in [-0.2, -0.15) is 0 Å². The molecule has 4 nitrogen and oxygen atoms in total. The lowest BCUT2D eigenvalue weighted by molar-refractivity contribution is -0.112. The third-order valence-corrected chi connectivity index (χ3v) is 5.84. The number of nitrogens with one attached hydrogen (secondary N) is 1. The lowest BCUT2D eigenvalue weighted by Gasteiger charge is -2.18. The van der Waals surface area contributed by atoms with Crippen LogP contribution in [-0.2, 0) is 11.2 Å². The molecule has 0 aliphatic carbocycles. The minimum atomic E-state index is -0.385. The standard InChI is InChI=1S/C25H32N2O2S2/c1-27(2)21-16-13-19(14-17-21)15-18-22(25(29)31)26-24(30)12-8-4-7-11-23(28)20-9-5-3-6-10-20/h3,5-6,9-10,13-14,16-17,22H,4,7-8,11-12,15,18H2,1-2H3,(H,26,30)(H,29,31)/t22-/m1/s1. The second-order valence-corrected chi connectivity index (χ2v) is 8.84. The average molecular weight is 457 g/mol. The molecular formula is C25H32N2O2S2. The van der Waals surface area contributed by atoms with Crippen LogP contribution in [0.5, 0.6) is 0 Å². The molecule has 1 N–H and O–H groups in total. The molecule has 0 saturated carbocycles. The first kappa shape index (κ1) is 25.1. The van der Waals surface area contributed by atoms with Crippen molar-refractivity contribution in [2.75, 3.05) is 19.0 Å². The fraction of sp³-hybridized carbons (Fsp3) is 0.400. The minimum absolute atomic E-state index is 0.181. The number of anilines is 1. The predicted octanol–water partition coefficient (Wildman–Crippen LogP) is 5.26. The maximum atomic E-state index is 12.1. The number of ketones is 1. The van der Waals surface area contributed by atoms with Gasteiger partial charge in [-0.25, -0.2) is 0 Å². The van der Waals surface area contributed by atoms with Crippen molar-refractivity contribution in [1.82, 2.24) is 5.32 Å². The van der Waals surface area contributed by atoms with E-state index < -0.39 is 0 Å². The number of carbonyl (C=O) groups excluding carboxylic acids is 2. The number of hydrogen-bond acceptors (Lipinski definition) is 4. The van der Waals surface area contributed by atoms with Gasteiger partial charge in [0.15, 0.2) is 5.78 Å². The van der Waals surface area contributed by atoms with E-state index in [4.69, 9.17) is 12.2 Å². The topological polar surface area (TPSA) is 49.4 Å². The lowest BCUT2D eigenvalue weighted by atomic mass is 10.0. The maximum Gasteiger partial charge on any atom is 0.208 e. The van der Waals surface area contributed by atoms with Gasteiger partial charge in [0, 0.05) is 31.8 Å². The van der Waals surface area contributed by atoms with E-state index in [-0.39, 0.29) is 16.9 Å². The molecule has 31 heavy (non-hydrogen) atoms. The van der Waals surface area contributed by atoms with Crippen LogP contribution in [0.15, 0.2) is 54.6 Å². The summed E-state index contributed by atoms with van der Waals surface area (Å²) >= 11 is 9.47. The van der Waals surface area contributed by atoms with Crippen LogP contribution in [0, 0.1) is 0 Å². The van der Waals surface area contributed by atoms with Gasteiger partial charge in [0.05, 0.1) is 11.0 Å². The molecule has 0 unspecified atom stereocenters. The molecule has 2 rings (SSSR count). The lowest BCUT2D eigenvalue weighted by Crippen LogP contribution is -2.38. The summed E-state index contributed by atoms with van der Waals surface area (Å²) in [7, 11) is 4.02. The summed E-state index contributed by atoms with van der Waals surface area (Å²) in [4.78, 5) is 26.8. The Kier molecular flexibility index (Phi) is 10.7. The van der Waals surface area contributed by atoms with Crippen LogP contribution in [0.1, 0.15) is 54.4 Å². The van der Waals surface area contributed by atoms with E-state index >= 15 is 0 Å². The molecule has 0 aliphatic rings. The SMILES string of the molecule is CN(C)c1ccc(CC[C@@H](NC(=S)CCCCCC(=O)c2ccccc2)C(=O)S)cc1. The number of aryl methyl sites for hydroxylation is 1. The van der Waals surface area contributed by atoms with Gasteiger partial charge in [-0.15, -0.1) is 12.6 Å². The van der Waals surface area contributed by atoms with Crippen molar-refractivity contribution in [2.45, 2.75) is 51.0 Å². The monoisotopic (exact) mass is 456 g/mol. The summed E-state index contributed by atoms with van der Waals surface area (Å²) in [5, 5.41) is 2.98. The third kappa shape index (κ3) is 9.23. The van der Waals surface area contributed by atoms with Crippen LogP contribution < -0.4 is 10.2 Å². The highest BCUT2D eigenvalue weighted by atomic mass is 32.1. The van der Waals surface area contributed by atoms with Crippen LogP contribution in [0.3, 0.4) is 0 Å². The molecular weight excluding hydrogens is 424 g/mol. The van der Waals surface area contributed by atoms with Crippen LogP contribution in [0.25, 0.3) is 0 Å². The number of Topliss-reactive ketones (excluding diaryl/α,β-unsaturated/α-hetero) is 1.